The summed E-state index contributed by atoms with van der Waals surface area (Å²) >= 11 is 2.48. The summed E-state index contributed by atoms with van der Waals surface area (Å²) in [6.45, 7) is 11.4. The first-order valence-corrected chi connectivity index (χ1v) is 14.2. The van der Waals surface area contributed by atoms with Crippen LogP contribution in [-0.4, -0.2) is 43.1 Å². The van der Waals surface area contributed by atoms with E-state index < -0.39 is 14.1 Å². The summed E-state index contributed by atoms with van der Waals surface area (Å²) in [4.78, 5) is 0. The molecule has 0 aliphatic carbocycles. The Labute approximate surface area is 200 Å². The third-order valence-corrected chi connectivity index (χ3v) is 12.4. The molecule has 4 atom stereocenters. The Bertz CT molecular complexity index is 813. The van der Waals surface area contributed by atoms with Crippen LogP contribution in [-0.2, 0) is 18.6 Å². The molecule has 0 saturated carbocycles. The van der Waals surface area contributed by atoms with Gasteiger partial charge in [-0.05, 0) is 29.3 Å². The van der Waals surface area contributed by atoms with Gasteiger partial charge in [0, 0.05) is 13.0 Å². The summed E-state index contributed by atoms with van der Waals surface area (Å²) in [7, 11) is -2.54. The van der Waals surface area contributed by atoms with E-state index in [0.29, 0.717) is 6.61 Å². The standard InChI is InChI=1S/C25H33IO4Si/c1-24(2,3)31(18-12-8-6-9-13-18,19-14-10-7-11-15-19)27-17-20(26)21-16-22-23(28-21)30-25(4,5)29-22/h6-15,20-23H,16-17H2,1-5H3/t20-,21-,22-,23-/m1/s1. The van der Waals surface area contributed by atoms with E-state index in [1.807, 2.05) is 13.8 Å². The Balaban J connectivity index is 1.58. The molecule has 6 heteroatoms. The molecule has 2 aromatic rings. The summed E-state index contributed by atoms with van der Waals surface area (Å²) in [5, 5.41) is 2.57. The van der Waals surface area contributed by atoms with Gasteiger partial charge in [0.15, 0.2) is 12.1 Å². The number of halogens is 1. The maximum Gasteiger partial charge on any atom is 0.261 e. The van der Waals surface area contributed by atoms with Gasteiger partial charge >= 0.3 is 0 Å². The number of hydrogen-bond acceptors (Lipinski definition) is 4. The number of rotatable bonds is 6. The zero-order valence-electron chi connectivity index (χ0n) is 19.0. The highest BCUT2D eigenvalue weighted by Gasteiger charge is 2.52. The second-order valence-corrected chi connectivity index (χ2v) is 15.8. The number of benzene rings is 2. The lowest BCUT2D eigenvalue weighted by Gasteiger charge is -2.43. The lowest BCUT2D eigenvalue weighted by atomic mass is 10.1. The maximum absolute atomic E-state index is 7.07. The predicted molar refractivity (Wildman–Crippen MR) is 135 cm³/mol. The van der Waals surface area contributed by atoms with Crippen LogP contribution in [0.4, 0.5) is 0 Å². The van der Waals surface area contributed by atoms with Gasteiger partial charge in [0.1, 0.15) is 6.10 Å². The molecule has 4 rings (SSSR count). The van der Waals surface area contributed by atoms with Crippen LogP contribution in [0.2, 0.25) is 5.04 Å². The minimum Gasteiger partial charge on any atom is -0.406 e. The Morgan fingerprint density at radius 2 is 1.55 bits per heavy atom. The quantitative estimate of drug-likeness (QED) is 0.298. The molecule has 2 saturated heterocycles. The van der Waals surface area contributed by atoms with Gasteiger partial charge in [-0.25, -0.2) is 0 Å². The van der Waals surface area contributed by atoms with Crippen molar-refractivity contribution in [3.63, 3.8) is 0 Å². The molecule has 0 amide bonds. The zero-order chi connectivity index (χ0) is 22.3. The number of fused-ring (bicyclic) bond motifs is 1. The van der Waals surface area contributed by atoms with E-state index in [9.17, 15) is 0 Å². The molecule has 168 valence electrons. The van der Waals surface area contributed by atoms with Crippen molar-refractivity contribution in [2.24, 2.45) is 0 Å². The molecule has 0 bridgehead atoms. The molecule has 31 heavy (non-hydrogen) atoms. The Morgan fingerprint density at radius 1 is 1.00 bits per heavy atom. The van der Waals surface area contributed by atoms with Crippen LogP contribution >= 0.6 is 22.6 Å². The first-order valence-electron chi connectivity index (χ1n) is 11.0. The van der Waals surface area contributed by atoms with E-state index in [1.54, 1.807) is 0 Å². The van der Waals surface area contributed by atoms with Crippen molar-refractivity contribution in [3.8, 4) is 0 Å². The first kappa shape index (κ1) is 23.4. The van der Waals surface area contributed by atoms with Gasteiger partial charge in [0.2, 0.25) is 0 Å². The highest BCUT2D eigenvalue weighted by atomic mass is 127. The van der Waals surface area contributed by atoms with Crippen molar-refractivity contribution in [1.29, 1.82) is 0 Å². The molecule has 0 unspecified atom stereocenters. The SMILES string of the molecule is CC1(C)O[C@H]2O[C@@H]([C@H](I)CO[Si](c3ccccc3)(c3ccccc3)C(C)(C)C)C[C@H]2O1. The van der Waals surface area contributed by atoms with E-state index in [4.69, 9.17) is 18.6 Å². The van der Waals surface area contributed by atoms with Gasteiger partial charge in [-0.2, -0.15) is 0 Å². The smallest absolute Gasteiger partial charge is 0.261 e. The van der Waals surface area contributed by atoms with Gasteiger partial charge < -0.3 is 18.6 Å². The average molecular weight is 553 g/mol. The van der Waals surface area contributed by atoms with E-state index in [2.05, 4.69) is 104 Å². The van der Waals surface area contributed by atoms with Crippen LogP contribution in [0.3, 0.4) is 0 Å². The molecule has 2 aromatic carbocycles. The van der Waals surface area contributed by atoms with Gasteiger partial charge in [-0.1, -0.05) is 104 Å². The molecular weight excluding hydrogens is 519 g/mol. The molecule has 2 aliphatic rings. The van der Waals surface area contributed by atoms with Gasteiger partial charge in [-0.15, -0.1) is 0 Å². The number of hydrogen-bond donors (Lipinski definition) is 0. The van der Waals surface area contributed by atoms with Crippen LogP contribution < -0.4 is 10.4 Å². The highest BCUT2D eigenvalue weighted by molar-refractivity contribution is 14.1. The first-order chi connectivity index (χ1) is 14.6. The van der Waals surface area contributed by atoms with Gasteiger partial charge in [-0.3, -0.25) is 0 Å². The number of ether oxygens (including phenoxy) is 3. The van der Waals surface area contributed by atoms with Crippen LogP contribution in [0.1, 0.15) is 41.0 Å². The molecule has 0 radical (unpaired) electrons. The fourth-order valence-corrected chi connectivity index (χ4v) is 10.4. The Kier molecular flexibility index (Phi) is 6.69. The minimum absolute atomic E-state index is 0.00475. The fourth-order valence-electron chi connectivity index (χ4n) is 4.84. The lowest BCUT2D eigenvalue weighted by Crippen LogP contribution is -2.67. The van der Waals surface area contributed by atoms with Crippen LogP contribution in [0.5, 0.6) is 0 Å². The summed E-state index contributed by atoms with van der Waals surface area (Å²) in [6, 6.07) is 21.5. The van der Waals surface area contributed by atoms with Crippen molar-refractivity contribution in [3.05, 3.63) is 60.7 Å². The molecule has 2 fully saturated rings. The predicted octanol–water partition coefficient (Wildman–Crippen LogP) is 4.63. The second-order valence-electron chi connectivity index (χ2n) is 9.94. The van der Waals surface area contributed by atoms with Crippen molar-refractivity contribution in [1.82, 2.24) is 0 Å². The molecule has 0 spiro atoms. The summed E-state index contributed by atoms with van der Waals surface area (Å²) in [5.41, 5.74) is 0. The summed E-state index contributed by atoms with van der Waals surface area (Å²) in [6.07, 6.45) is 0.631. The van der Waals surface area contributed by atoms with Crippen molar-refractivity contribution in [2.45, 2.75) is 74.3 Å². The van der Waals surface area contributed by atoms with Crippen molar-refractivity contribution < 1.29 is 18.6 Å². The zero-order valence-corrected chi connectivity index (χ0v) is 22.2. The molecule has 0 N–H and O–H groups in total. The molecular formula is C25H33IO4Si. The maximum atomic E-state index is 7.07. The molecule has 4 nitrogen and oxygen atoms in total. The van der Waals surface area contributed by atoms with Crippen molar-refractivity contribution >= 4 is 41.3 Å². The lowest BCUT2D eigenvalue weighted by molar-refractivity contribution is -0.204. The molecule has 0 aromatic heterocycles. The third kappa shape index (κ3) is 4.65. The van der Waals surface area contributed by atoms with Crippen LogP contribution in [0.15, 0.2) is 60.7 Å². The van der Waals surface area contributed by atoms with E-state index in [0.717, 1.165) is 6.42 Å². The van der Waals surface area contributed by atoms with Crippen molar-refractivity contribution in [2.75, 3.05) is 6.61 Å². The average Bonchev–Trinajstić information content (AvgIpc) is 3.22. The second kappa shape index (κ2) is 8.87. The van der Waals surface area contributed by atoms with Crippen LogP contribution in [0, 0.1) is 0 Å². The largest absolute Gasteiger partial charge is 0.406 e. The number of alkyl halides is 1. The van der Waals surface area contributed by atoms with Gasteiger partial charge in [0.05, 0.1) is 10.0 Å². The Hall–Kier alpha value is -0.773. The Morgan fingerprint density at radius 3 is 2.03 bits per heavy atom. The molecule has 2 heterocycles. The molecule has 2 aliphatic heterocycles. The minimum atomic E-state index is -2.54. The van der Waals surface area contributed by atoms with Crippen LogP contribution in [0.25, 0.3) is 0 Å². The normalized spacial score (nSPS) is 26.6. The third-order valence-electron chi connectivity index (χ3n) is 6.19. The van der Waals surface area contributed by atoms with Gasteiger partial charge in [0.25, 0.3) is 8.32 Å². The van der Waals surface area contributed by atoms with E-state index in [-0.39, 0.29) is 27.5 Å². The highest BCUT2D eigenvalue weighted by Crippen LogP contribution is 2.41. The van der Waals surface area contributed by atoms with E-state index >= 15 is 0 Å². The summed E-state index contributed by atoms with van der Waals surface area (Å²) in [5.74, 6) is -0.563. The fraction of sp³-hybridized carbons (Fsp3) is 0.520. The topological polar surface area (TPSA) is 36.9 Å². The van der Waals surface area contributed by atoms with E-state index in [1.165, 1.54) is 10.4 Å². The summed E-state index contributed by atoms with van der Waals surface area (Å²) < 4.78 is 25.4. The monoisotopic (exact) mass is 552 g/mol.